The van der Waals surface area contributed by atoms with Gasteiger partial charge in [0, 0.05) is 0 Å². The molecule has 0 saturated carbocycles. The SMILES string of the molecule is CC1(C)c2ccccc2C(C)(C)N1S(=O)CCO. The number of rotatable bonds is 3. The van der Waals surface area contributed by atoms with Gasteiger partial charge in [0.2, 0.25) is 0 Å². The van der Waals surface area contributed by atoms with Gasteiger partial charge < -0.3 is 5.11 Å². The lowest BCUT2D eigenvalue weighted by atomic mass is 9.91. The molecule has 1 aromatic rings. The zero-order valence-electron chi connectivity index (χ0n) is 11.4. The molecule has 0 saturated heterocycles. The summed E-state index contributed by atoms with van der Waals surface area (Å²) in [5.41, 5.74) is 1.89. The van der Waals surface area contributed by atoms with Gasteiger partial charge in [-0.1, -0.05) is 24.3 Å². The maximum Gasteiger partial charge on any atom is 0.0982 e. The Morgan fingerprint density at radius 3 is 1.94 bits per heavy atom. The smallest absolute Gasteiger partial charge is 0.0982 e. The van der Waals surface area contributed by atoms with Gasteiger partial charge in [-0.05, 0) is 38.8 Å². The quantitative estimate of drug-likeness (QED) is 0.911. The molecule has 3 nitrogen and oxygen atoms in total. The van der Waals surface area contributed by atoms with Gasteiger partial charge in [0.05, 0.1) is 34.4 Å². The van der Waals surface area contributed by atoms with Crippen molar-refractivity contribution in [3.8, 4) is 0 Å². The molecule has 100 valence electrons. The van der Waals surface area contributed by atoms with Gasteiger partial charge in [0.15, 0.2) is 0 Å². The second-order valence-corrected chi connectivity index (χ2v) is 7.12. The normalized spacial score (nSPS) is 22.7. The van der Waals surface area contributed by atoms with Crippen LogP contribution in [0.4, 0.5) is 0 Å². The summed E-state index contributed by atoms with van der Waals surface area (Å²) in [7, 11) is -1.18. The van der Waals surface area contributed by atoms with E-state index in [-0.39, 0.29) is 17.7 Å². The predicted octanol–water partition coefficient (Wildman–Crippen LogP) is 2.13. The molecular weight excluding hydrogens is 246 g/mol. The van der Waals surface area contributed by atoms with E-state index >= 15 is 0 Å². The van der Waals surface area contributed by atoms with Crippen LogP contribution < -0.4 is 0 Å². The van der Waals surface area contributed by atoms with Crippen LogP contribution in [0.3, 0.4) is 0 Å². The van der Waals surface area contributed by atoms with Gasteiger partial charge in [0.1, 0.15) is 0 Å². The molecule has 0 spiro atoms. The lowest BCUT2D eigenvalue weighted by Crippen LogP contribution is -2.47. The number of nitrogens with zero attached hydrogens (tertiary/aromatic N) is 1. The second kappa shape index (κ2) is 4.44. The van der Waals surface area contributed by atoms with E-state index in [2.05, 4.69) is 39.8 Å². The van der Waals surface area contributed by atoms with Gasteiger partial charge in [0.25, 0.3) is 0 Å². The van der Waals surface area contributed by atoms with E-state index in [0.717, 1.165) is 0 Å². The van der Waals surface area contributed by atoms with E-state index in [1.165, 1.54) is 11.1 Å². The molecule has 1 unspecified atom stereocenters. The van der Waals surface area contributed by atoms with Crippen molar-refractivity contribution in [3.63, 3.8) is 0 Å². The number of fused-ring (bicyclic) bond motifs is 1. The van der Waals surface area contributed by atoms with Crippen molar-refractivity contribution in [2.24, 2.45) is 0 Å². The third-order valence-corrected chi connectivity index (χ3v) is 5.58. The Morgan fingerprint density at radius 2 is 1.56 bits per heavy atom. The van der Waals surface area contributed by atoms with Crippen molar-refractivity contribution in [1.29, 1.82) is 0 Å². The molecule has 2 rings (SSSR count). The highest BCUT2D eigenvalue weighted by atomic mass is 32.2. The van der Waals surface area contributed by atoms with Crippen molar-refractivity contribution in [2.75, 3.05) is 12.4 Å². The lowest BCUT2D eigenvalue weighted by molar-refractivity contribution is 0.154. The van der Waals surface area contributed by atoms with E-state index in [4.69, 9.17) is 5.11 Å². The Bertz CT molecular complexity index is 447. The third-order valence-electron chi connectivity index (χ3n) is 3.73. The summed E-state index contributed by atoms with van der Waals surface area (Å²) in [5.74, 6) is 0.293. The molecule has 1 heterocycles. The van der Waals surface area contributed by atoms with Gasteiger partial charge in [-0.15, -0.1) is 0 Å². The minimum Gasteiger partial charge on any atom is -0.395 e. The van der Waals surface area contributed by atoms with Crippen molar-refractivity contribution < 1.29 is 9.32 Å². The average molecular weight is 267 g/mol. The maximum atomic E-state index is 12.4. The third kappa shape index (κ3) is 1.83. The zero-order chi connectivity index (χ0) is 13.6. The number of benzene rings is 1. The number of hydrogen-bond donors (Lipinski definition) is 1. The molecule has 1 atom stereocenters. The van der Waals surface area contributed by atoms with Crippen LogP contribution in [0.15, 0.2) is 24.3 Å². The minimum atomic E-state index is -1.18. The van der Waals surface area contributed by atoms with Gasteiger partial charge >= 0.3 is 0 Å². The molecule has 0 aromatic heterocycles. The van der Waals surface area contributed by atoms with E-state index in [1.54, 1.807) is 0 Å². The number of hydrogen-bond acceptors (Lipinski definition) is 2. The van der Waals surface area contributed by atoms with E-state index in [9.17, 15) is 4.21 Å². The Kier molecular flexibility index (Phi) is 3.38. The van der Waals surface area contributed by atoms with E-state index < -0.39 is 11.0 Å². The van der Waals surface area contributed by atoms with Gasteiger partial charge in [-0.2, -0.15) is 0 Å². The number of aliphatic hydroxyl groups is 1. The van der Waals surface area contributed by atoms with E-state index in [1.807, 2.05) is 16.4 Å². The summed E-state index contributed by atoms with van der Waals surface area (Å²) >= 11 is 0. The van der Waals surface area contributed by atoms with Gasteiger partial charge in [-0.3, -0.25) is 0 Å². The number of aliphatic hydroxyl groups excluding tert-OH is 1. The summed E-state index contributed by atoms with van der Waals surface area (Å²) in [6.07, 6.45) is 0. The highest BCUT2D eigenvalue weighted by Gasteiger charge is 2.51. The van der Waals surface area contributed by atoms with Crippen molar-refractivity contribution in [2.45, 2.75) is 38.8 Å². The van der Waals surface area contributed by atoms with Crippen LogP contribution in [0.25, 0.3) is 0 Å². The van der Waals surface area contributed by atoms with Crippen LogP contribution in [-0.2, 0) is 22.1 Å². The van der Waals surface area contributed by atoms with Crippen LogP contribution in [0.5, 0.6) is 0 Å². The molecule has 0 bridgehead atoms. The fourth-order valence-electron chi connectivity index (χ4n) is 3.15. The molecule has 0 amide bonds. The lowest BCUT2D eigenvalue weighted by Gasteiger charge is -2.39. The molecule has 1 aliphatic rings. The molecule has 1 aromatic carbocycles. The van der Waals surface area contributed by atoms with Crippen LogP contribution in [-0.4, -0.2) is 26.0 Å². The summed E-state index contributed by atoms with van der Waals surface area (Å²) < 4.78 is 14.4. The van der Waals surface area contributed by atoms with Crippen LogP contribution >= 0.6 is 0 Å². The molecule has 1 N–H and O–H groups in total. The summed E-state index contributed by atoms with van der Waals surface area (Å²) in [4.78, 5) is 0. The molecule has 0 aliphatic carbocycles. The van der Waals surface area contributed by atoms with E-state index in [0.29, 0.717) is 5.75 Å². The Hall–Kier alpha value is -0.710. The molecule has 1 aliphatic heterocycles. The predicted molar refractivity (Wildman–Crippen MR) is 74.4 cm³/mol. The zero-order valence-corrected chi connectivity index (χ0v) is 12.3. The largest absolute Gasteiger partial charge is 0.395 e. The monoisotopic (exact) mass is 267 g/mol. The first-order valence-electron chi connectivity index (χ1n) is 6.23. The molecule has 18 heavy (non-hydrogen) atoms. The summed E-state index contributed by atoms with van der Waals surface area (Å²) in [5, 5.41) is 9.03. The molecular formula is C14H21NO2S. The Morgan fingerprint density at radius 1 is 1.11 bits per heavy atom. The first-order chi connectivity index (χ1) is 8.33. The Balaban J connectivity index is 2.55. The summed E-state index contributed by atoms with van der Waals surface area (Å²) in [6, 6.07) is 8.25. The minimum absolute atomic E-state index is 0.0500. The summed E-state index contributed by atoms with van der Waals surface area (Å²) in [6.45, 7) is 8.32. The van der Waals surface area contributed by atoms with Crippen molar-refractivity contribution >= 4 is 11.0 Å². The second-order valence-electron chi connectivity index (χ2n) is 5.71. The first kappa shape index (κ1) is 13.7. The average Bonchev–Trinajstić information content (AvgIpc) is 2.44. The van der Waals surface area contributed by atoms with Gasteiger partial charge in [-0.25, -0.2) is 8.51 Å². The van der Waals surface area contributed by atoms with Crippen molar-refractivity contribution in [1.82, 2.24) is 4.31 Å². The topological polar surface area (TPSA) is 40.5 Å². The fraction of sp³-hybridized carbons (Fsp3) is 0.571. The molecule has 0 fully saturated rings. The maximum absolute atomic E-state index is 12.4. The van der Waals surface area contributed by atoms with Crippen LogP contribution in [0, 0.1) is 0 Å². The van der Waals surface area contributed by atoms with Crippen LogP contribution in [0.2, 0.25) is 0 Å². The molecule has 0 radical (unpaired) electrons. The highest BCUT2D eigenvalue weighted by Crippen LogP contribution is 2.49. The van der Waals surface area contributed by atoms with Crippen molar-refractivity contribution in [3.05, 3.63) is 35.4 Å². The standard InChI is InChI=1S/C14H21NO2S/c1-13(2)11-7-5-6-8-12(11)14(3,4)15(13)18(17)10-9-16/h5-8,16H,9-10H2,1-4H3. The highest BCUT2D eigenvalue weighted by molar-refractivity contribution is 7.82. The molecule has 4 heteroatoms. The Labute approximate surface area is 111 Å². The fourth-order valence-corrected chi connectivity index (χ4v) is 4.70. The van der Waals surface area contributed by atoms with Crippen LogP contribution in [0.1, 0.15) is 38.8 Å². The first-order valence-corrected chi connectivity index (χ1v) is 7.50.